The van der Waals surface area contributed by atoms with E-state index in [1.54, 1.807) is 0 Å². The zero-order valence-electron chi connectivity index (χ0n) is 31.1. The van der Waals surface area contributed by atoms with Crippen molar-refractivity contribution in [2.24, 2.45) is 0 Å². The van der Waals surface area contributed by atoms with Gasteiger partial charge in [0.15, 0.2) is 5.58 Å². The Morgan fingerprint density at radius 3 is 1.42 bits per heavy atom. The Bertz CT molecular complexity index is 3260. The normalized spacial score (nSPS) is 11.5. The lowest BCUT2D eigenvalue weighted by Gasteiger charge is -2.29. The lowest BCUT2D eigenvalue weighted by molar-refractivity contribution is 0.669. The van der Waals surface area contributed by atoms with Gasteiger partial charge in [-0.1, -0.05) is 146 Å². The molecule has 10 aromatic carbocycles. The fourth-order valence-electron chi connectivity index (χ4n) is 8.41. The molecule has 0 fully saturated rings. The Balaban J connectivity index is 1.23. The summed E-state index contributed by atoms with van der Waals surface area (Å²) in [5, 5.41) is 9.20. The highest BCUT2D eigenvalue weighted by Crippen LogP contribution is 2.50. The van der Waals surface area contributed by atoms with Crippen LogP contribution >= 0.6 is 0 Å². The first kappa shape index (κ1) is 32.8. The third kappa shape index (κ3) is 5.76. The maximum atomic E-state index is 7.16. The average molecular weight is 729 g/mol. The van der Waals surface area contributed by atoms with Crippen molar-refractivity contribution in [3.63, 3.8) is 0 Å². The van der Waals surface area contributed by atoms with Gasteiger partial charge in [-0.05, 0) is 116 Å². The largest absolute Gasteiger partial charge is 0.454 e. The predicted octanol–water partition coefficient (Wildman–Crippen LogP) is 15.7. The monoisotopic (exact) mass is 728 g/mol. The van der Waals surface area contributed by atoms with Crippen molar-refractivity contribution in [3.05, 3.63) is 218 Å². The summed E-state index contributed by atoms with van der Waals surface area (Å²) in [4.78, 5) is 4.73. The summed E-state index contributed by atoms with van der Waals surface area (Å²) < 4.78 is 7.16. The van der Waals surface area contributed by atoms with E-state index >= 15 is 0 Å². The van der Waals surface area contributed by atoms with Gasteiger partial charge in [0, 0.05) is 28.1 Å². The molecule has 268 valence electrons. The highest BCUT2D eigenvalue weighted by atomic mass is 16.3. The van der Waals surface area contributed by atoms with Crippen LogP contribution in [0, 0.1) is 0 Å². The zero-order valence-corrected chi connectivity index (χ0v) is 31.1. The van der Waals surface area contributed by atoms with Crippen LogP contribution < -0.4 is 9.80 Å². The van der Waals surface area contributed by atoms with E-state index < -0.39 is 0 Å². The molecular weight excluding hydrogens is 693 g/mol. The molecule has 0 spiro atoms. The van der Waals surface area contributed by atoms with E-state index in [0.717, 1.165) is 67.0 Å². The number of hydrogen-bond donors (Lipinski definition) is 0. The number of para-hydroxylation sites is 1. The van der Waals surface area contributed by atoms with Gasteiger partial charge in [0.25, 0.3) is 0 Å². The third-order valence-corrected chi connectivity index (χ3v) is 11.1. The molecule has 0 aliphatic heterocycles. The molecule has 0 aliphatic carbocycles. The number of nitrogens with zero attached hydrogens (tertiary/aromatic N) is 2. The van der Waals surface area contributed by atoms with Gasteiger partial charge >= 0.3 is 0 Å². The summed E-state index contributed by atoms with van der Waals surface area (Å²) in [5.41, 5.74) is 10.2. The van der Waals surface area contributed by atoms with E-state index in [-0.39, 0.29) is 0 Å². The molecule has 0 radical (unpaired) electrons. The van der Waals surface area contributed by atoms with Crippen LogP contribution in [0.1, 0.15) is 0 Å². The minimum absolute atomic E-state index is 0.819. The molecule has 0 bridgehead atoms. The number of fused-ring (bicyclic) bond motifs is 6. The molecule has 0 saturated carbocycles. The molecule has 0 atom stereocenters. The predicted molar refractivity (Wildman–Crippen MR) is 241 cm³/mol. The van der Waals surface area contributed by atoms with Gasteiger partial charge in [-0.2, -0.15) is 0 Å². The molecule has 0 aliphatic rings. The molecule has 0 amide bonds. The molecule has 1 heterocycles. The first-order chi connectivity index (χ1) is 28.2. The first-order valence-corrected chi connectivity index (χ1v) is 19.4. The molecule has 11 rings (SSSR count). The van der Waals surface area contributed by atoms with Gasteiger partial charge in [-0.15, -0.1) is 0 Å². The van der Waals surface area contributed by atoms with Crippen molar-refractivity contribution in [2.75, 3.05) is 9.80 Å². The number of furan rings is 1. The number of benzene rings is 10. The third-order valence-electron chi connectivity index (χ3n) is 11.1. The Morgan fingerprint density at radius 2 is 0.772 bits per heavy atom. The van der Waals surface area contributed by atoms with E-state index in [4.69, 9.17) is 4.42 Å². The van der Waals surface area contributed by atoms with Crippen LogP contribution in [0.25, 0.3) is 65.4 Å². The highest BCUT2D eigenvalue weighted by molar-refractivity contribution is 6.20. The summed E-state index contributed by atoms with van der Waals surface area (Å²) in [6.07, 6.45) is 0. The van der Waals surface area contributed by atoms with E-state index in [1.807, 2.05) is 0 Å². The summed E-state index contributed by atoms with van der Waals surface area (Å²) >= 11 is 0. The Labute approximate surface area is 330 Å². The highest BCUT2D eigenvalue weighted by Gasteiger charge is 2.26. The van der Waals surface area contributed by atoms with Gasteiger partial charge in [-0.25, -0.2) is 0 Å². The maximum absolute atomic E-state index is 7.16. The summed E-state index contributed by atoms with van der Waals surface area (Å²) in [5.74, 6) is 0. The SMILES string of the molecule is c1ccc(-c2cccc(N(c3ccc4ccccc4c3)c3ccc(N(c4ccccc4)c4ccc5ccccc5c4)c4oc5cc6ccccc6cc5c34)c2)cc1. The van der Waals surface area contributed by atoms with E-state index in [0.29, 0.717) is 0 Å². The standard InChI is InChI=1S/C54H36N2O/c1-3-14-37(15-4-1)42-22-13-25-46(32-42)56(48-29-27-39-17-8-10-19-41(39)34-48)50-30-31-51(54-53(50)49-35-43-20-11-12-21-44(43)36-52(49)57-54)55(45-23-5-2-6-24-45)47-28-26-38-16-7-9-18-40(38)33-47/h1-36H. The molecule has 11 aromatic rings. The van der Waals surface area contributed by atoms with Crippen molar-refractivity contribution in [1.29, 1.82) is 0 Å². The van der Waals surface area contributed by atoms with Gasteiger partial charge in [-0.3, -0.25) is 0 Å². The van der Waals surface area contributed by atoms with Gasteiger partial charge < -0.3 is 14.2 Å². The van der Waals surface area contributed by atoms with Crippen LogP contribution in [0.15, 0.2) is 223 Å². The fourth-order valence-corrected chi connectivity index (χ4v) is 8.41. The van der Waals surface area contributed by atoms with Crippen LogP contribution in [0.5, 0.6) is 0 Å². The van der Waals surface area contributed by atoms with Crippen LogP contribution in [0.4, 0.5) is 34.1 Å². The second kappa shape index (κ2) is 13.6. The van der Waals surface area contributed by atoms with E-state index in [1.165, 1.54) is 32.5 Å². The lowest BCUT2D eigenvalue weighted by Crippen LogP contribution is -2.13. The van der Waals surface area contributed by atoms with Crippen molar-refractivity contribution >= 4 is 88.4 Å². The van der Waals surface area contributed by atoms with E-state index in [2.05, 4.69) is 228 Å². The Kier molecular flexibility index (Phi) is 7.82. The summed E-state index contributed by atoms with van der Waals surface area (Å²) in [6.45, 7) is 0. The zero-order chi connectivity index (χ0) is 37.7. The van der Waals surface area contributed by atoms with Crippen LogP contribution in [0.2, 0.25) is 0 Å². The molecule has 0 N–H and O–H groups in total. The summed E-state index contributed by atoms with van der Waals surface area (Å²) in [7, 11) is 0. The second-order valence-electron chi connectivity index (χ2n) is 14.6. The van der Waals surface area contributed by atoms with Crippen molar-refractivity contribution in [1.82, 2.24) is 0 Å². The Hall–Kier alpha value is -7.62. The quantitative estimate of drug-likeness (QED) is 0.163. The van der Waals surface area contributed by atoms with Crippen molar-refractivity contribution < 1.29 is 4.42 Å². The molecule has 57 heavy (non-hydrogen) atoms. The maximum Gasteiger partial charge on any atom is 0.161 e. The van der Waals surface area contributed by atoms with Crippen LogP contribution in [-0.2, 0) is 0 Å². The molecule has 0 saturated heterocycles. The van der Waals surface area contributed by atoms with E-state index in [9.17, 15) is 0 Å². The smallest absolute Gasteiger partial charge is 0.161 e. The number of hydrogen-bond acceptors (Lipinski definition) is 3. The number of rotatable bonds is 7. The van der Waals surface area contributed by atoms with Gasteiger partial charge in [0.05, 0.1) is 16.8 Å². The minimum Gasteiger partial charge on any atom is -0.454 e. The average Bonchev–Trinajstić information content (AvgIpc) is 3.65. The van der Waals surface area contributed by atoms with Crippen LogP contribution in [0.3, 0.4) is 0 Å². The topological polar surface area (TPSA) is 19.6 Å². The van der Waals surface area contributed by atoms with Gasteiger partial charge in [0.1, 0.15) is 5.58 Å². The molecule has 3 nitrogen and oxygen atoms in total. The lowest BCUT2D eigenvalue weighted by atomic mass is 10.0. The minimum atomic E-state index is 0.819. The molecule has 1 aromatic heterocycles. The molecule has 3 heteroatoms. The second-order valence-corrected chi connectivity index (χ2v) is 14.6. The molecular formula is C54H36N2O. The van der Waals surface area contributed by atoms with Crippen molar-refractivity contribution in [2.45, 2.75) is 0 Å². The van der Waals surface area contributed by atoms with Crippen molar-refractivity contribution in [3.8, 4) is 11.1 Å². The van der Waals surface area contributed by atoms with Crippen LogP contribution in [-0.4, -0.2) is 0 Å². The fraction of sp³-hybridized carbons (Fsp3) is 0. The molecule has 0 unspecified atom stereocenters. The number of anilines is 6. The first-order valence-electron chi connectivity index (χ1n) is 19.4. The van der Waals surface area contributed by atoms with Gasteiger partial charge in [0.2, 0.25) is 0 Å². The summed E-state index contributed by atoms with van der Waals surface area (Å²) in [6, 6.07) is 78.2. The Morgan fingerprint density at radius 1 is 0.298 bits per heavy atom.